The summed E-state index contributed by atoms with van der Waals surface area (Å²) >= 11 is 1.72. The largest absolute Gasteiger partial charge is 0.271 e. The Labute approximate surface area is 174 Å². The maximum Gasteiger partial charge on any atom is 0.271 e. The lowest BCUT2D eigenvalue weighted by molar-refractivity contribution is 0.0955. The lowest BCUT2D eigenvalue weighted by atomic mass is 10.1. The fourth-order valence-electron chi connectivity index (χ4n) is 2.92. The van der Waals surface area contributed by atoms with Crippen molar-refractivity contribution in [1.29, 1.82) is 0 Å². The van der Waals surface area contributed by atoms with Crippen molar-refractivity contribution < 1.29 is 4.79 Å². The van der Waals surface area contributed by atoms with E-state index in [1.54, 1.807) is 18.0 Å². The topological polar surface area (TPSA) is 41.5 Å². The van der Waals surface area contributed by atoms with E-state index in [2.05, 4.69) is 53.8 Å². The number of hydrogen-bond donors (Lipinski definition) is 1. The summed E-state index contributed by atoms with van der Waals surface area (Å²) in [5.41, 5.74) is 5.37. The van der Waals surface area contributed by atoms with Gasteiger partial charge in [-0.25, -0.2) is 5.43 Å². The zero-order valence-corrected chi connectivity index (χ0v) is 16.8. The van der Waals surface area contributed by atoms with Gasteiger partial charge in [0.25, 0.3) is 5.91 Å². The van der Waals surface area contributed by atoms with Crippen molar-refractivity contribution in [3.63, 3.8) is 0 Å². The van der Waals surface area contributed by atoms with Gasteiger partial charge in [0.05, 0.1) is 6.21 Å². The monoisotopic (exact) mass is 396 g/mol. The molecule has 1 amide bonds. The molecule has 0 bridgehead atoms. The van der Waals surface area contributed by atoms with Crippen molar-refractivity contribution in [2.75, 3.05) is 0 Å². The zero-order valence-electron chi connectivity index (χ0n) is 16.0. The van der Waals surface area contributed by atoms with E-state index in [-0.39, 0.29) is 5.91 Å². The molecule has 29 heavy (non-hydrogen) atoms. The van der Waals surface area contributed by atoms with Crippen LogP contribution in [0.15, 0.2) is 106 Å². The number of nitrogens with zero attached hydrogens (tertiary/aromatic N) is 1. The predicted octanol–water partition coefficient (Wildman–Crippen LogP) is 6.06. The molecular formula is C25H20N2OS. The molecule has 0 saturated heterocycles. The average molecular weight is 397 g/mol. The van der Waals surface area contributed by atoms with E-state index < -0.39 is 0 Å². The van der Waals surface area contributed by atoms with Crippen LogP contribution in [-0.2, 0) is 0 Å². The SMILES string of the molecule is Cc1ccc(Sc2ccc(/C=N\NC(=O)c3ccc4ccccc4c3)cc2)cc1. The van der Waals surface area contributed by atoms with Crippen molar-refractivity contribution in [3.8, 4) is 0 Å². The van der Waals surface area contributed by atoms with Crippen molar-refractivity contribution in [2.45, 2.75) is 16.7 Å². The molecule has 0 spiro atoms. The Bertz CT molecular complexity index is 1170. The van der Waals surface area contributed by atoms with Crippen LogP contribution < -0.4 is 5.43 Å². The van der Waals surface area contributed by atoms with Crippen molar-refractivity contribution in [3.05, 3.63) is 108 Å². The standard InChI is InChI=1S/C25H20N2OS/c1-18-6-12-23(13-7-18)29-24-14-8-19(9-15-24)17-26-27-25(28)22-11-10-20-4-2-3-5-21(20)16-22/h2-17H,1H3,(H,27,28)/b26-17-. The molecule has 0 aliphatic heterocycles. The molecule has 0 aromatic heterocycles. The first-order valence-corrected chi connectivity index (χ1v) is 10.2. The van der Waals surface area contributed by atoms with Gasteiger partial charge >= 0.3 is 0 Å². The number of aryl methyl sites for hydroxylation is 1. The molecule has 0 aliphatic carbocycles. The molecule has 0 radical (unpaired) electrons. The van der Waals surface area contributed by atoms with Crippen molar-refractivity contribution in [1.82, 2.24) is 5.43 Å². The molecule has 0 aliphatic rings. The van der Waals surface area contributed by atoms with E-state index in [1.807, 2.05) is 54.6 Å². The van der Waals surface area contributed by atoms with Gasteiger partial charge in [0.1, 0.15) is 0 Å². The number of fused-ring (bicyclic) bond motifs is 1. The Balaban J connectivity index is 1.37. The van der Waals surface area contributed by atoms with Gasteiger partial charge in [0.15, 0.2) is 0 Å². The Morgan fingerprint density at radius 3 is 2.21 bits per heavy atom. The summed E-state index contributed by atoms with van der Waals surface area (Å²) in [4.78, 5) is 14.7. The Kier molecular flexibility index (Phi) is 5.73. The van der Waals surface area contributed by atoms with E-state index in [0.29, 0.717) is 5.56 Å². The number of rotatable bonds is 5. The maximum absolute atomic E-state index is 12.3. The molecule has 4 aromatic rings. The Morgan fingerprint density at radius 2 is 1.48 bits per heavy atom. The number of carbonyl (C=O) groups excluding carboxylic acids is 1. The first-order chi connectivity index (χ1) is 14.2. The van der Waals surface area contributed by atoms with Gasteiger partial charge in [-0.3, -0.25) is 4.79 Å². The summed E-state index contributed by atoms with van der Waals surface area (Å²) < 4.78 is 0. The van der Waals surface area contributed by atoms with Crippen LogP contribution in [0.5, 0.6) is 0 Å². The van der Waals surface area contributed by atoms with Gasteiger partial charge in [-0.2, -0.15) is 5.10 Å². The number of benzene rings is 4. The highest BCUT2D eigenvalue weighted by molar-refractivity contribution is 7.99. The Morgan fingerprint density at radius 1 is 0.828 bits per heavy atom. The molecule has 0 fully saturated rings. The van der Waals surface area contributed by atoms with Crippen LogP contribution in [0.2, 0.25) is 0 Å². The van der Waals surface area contributed by atoms with Gasteiger partial charge in [-0.05, 0) is 59.7 Å². The second-order valence-corrected chi connectivity index (χ2v) is 7.89. The average Bonchev–Trinajstić information content (AvgIpc) is 2.76. The van der Waals surface area contributed by atoms with Gasteiger partial charge in [-0.1, -0.05) is 71.9 Å². The normalized spacial score (nSPS) is 11.1. The van der Waals surface area contributed by atoms with E-state index in [0.717, 1.165) is 21.2 Å². The first kappa shape index (κ1) is 19.0. The quantitative estimate of drug-likeness (QED) is 0.329. The number of hydrazone groups is 1. The minimum atomic E-state index is -0.224. The lowest BCUT2D eigenvalue weighted by Crippen LogP contribution is -2.17. The van der Waals surface area contributed by atoms with Gasteiger partial charge in [0.2, 0.25) is 0 Å². The van der Waals surface area contributed by atoms with Crippen LogP contribution in [0.4, 0.5) is 0 Å². The third kappa shape index (κ3) is 4.92. The minimum Gasteiger partial charge on any atom is -0.267 e. The number of nitrogens with one attached hydrogen (secondary N) is 1. The third-order valence-electron chi connectivity index (χ3n) is 4.53. The molecule has 0 unspecified atom stereocenters. The highest BCUT2D eigenvalue weighted by Crippen LogP contribution is 2.27. The van der Waals surface area contributed by atoms with E-state index in [9.17, 15) is 4.79 Å². The highest BCUT2D eigenvalue weighted by Gasteiger charge is 2.05. The molecule has 142 valence electrons. The van der Waals surface area contributed by atoms with Crippen LogP contribution in [0.25, 0.3) is 10.8 Å². The lowest BCUT2D eigenvalue weighted by Gasteiger charge is -2.03. The first-order valence-electron chi connectivity index (χ1n) is 9.34. The predicted molar refractivity (Wildman–Crippen MR) is 121 cm³/mol. The molecule has 4 heteroatoms. The van der Waals surface area contributed by atoms with Gasteiger partial charge < -0.3 is 0 Å². The van der Waals surface area contributed by atoms with Gasteiger partial charge in [0, 0.05) is 15.4 Å². The molecule has 0 heterocycles. The molecule has 3 nitrogen and oxygen atoms in total. The van der Waals surface area contributed by atoms with Crippen LogP contribution >= 0.6 is 11.8 Å². The van der Waals surface area contributed by atoms with E-state index in [1.165, 1.54) is 10.5 Å². The second-order valence-electron chi connectivity index (χ2n) is 6.75. The number of carbonyl (C=O) groups is 1. The van der Waals surface area contributed by atoms with Gasteiger partial charge in [-0.15, -0.1) is 0 Å². The van der Waals surface area contributed by atoms with Crippen LogP contribution in [0.3, 0.4) is 0 Å². The minimum absolute atomic E-state index is 0.224. The summed E-state index contributed by atoms with van der Waals surface area (Å²) in [6.45, 7) is 2.08. The number of amides is 1. The molecular weight excluding hydrogens is 376 g/mol. The summed E-state index contributed by atoms with van der Waals surface area (Å²) in [7, 11) is 0. The molecule has 0 atom stereocenters. The number of hydrogen-bond acceptors (Lipinski definition) is 3. The summed E-state index contributed by atoms with van der Waals surface area (Å²) in [6.07, 6.45) is 1.65. The van der Waals surface area contributed by atoms with Crippen molar-refractivity contribution >= 4 is 34.7 Å². The molecule has 0 saturated carbocycles. The Hall–Kier alpha value is -3.37. The molecule has 4 rings (SSSR count). The van der Waals surface area contributed by atoms with Crippen LogP contribution in [0, 0.1) is 6.92 Å². The third-order valence-corrected chi connectivity index (χ3v) is 5.54. The smallest absolute Gasteiger partial charge is 0.267 e. The van der Waals surface area contributed by atoms with E-state index in [4.69, 9.17) is 0 Å². The van der Waals surface area contributed by atoms with Crippen LogP contribution in [-0.4, -0.2) is 12.1 Å². The molecule has 4 aromatic carbocycles. The fourth-order valence-corrected chi connectivity index (χ4v) is 3.74. The maximum atomic E-state index is 12.3. The zero-order chi connectivity index (χ0) is 20.1. The summed E-state index contributed by atoms with van der Waals surface area (Å²) in [6, 6.07) is 30.1. The van der Waals surface area contributed by atoms with E-state index >= 15 is 0 Å². The fraction of sp³-hybridized carbons (Fsp3) is 0.0400. The summed E-state index contributed by atoms with van der Waals surface area (Å²) in [5, 5.41) is 6.23. The second kappa shape index (κ2) is 8.76. The highest BCUT2D eigenvalue weighted by atomic mass is 32.2. The van der Waals surface area contributed by atoms with Crippen LogP contribution in [0.1, 0.15) is 21.5 Å². The molecule has 1 N–H and O–H groups in total. The summed E-state index contributed by atoms with van der Waals surface area (Å²) in [5.74, 6) is -0.224. The van der Waals surface area contributed by atoms with Crippen molar-refractivity contribution in [2.24, 2.45) is 5.10 Å².